The number of hydrogen-bond donors (Lipinski definition) is 2. The Morgan fingerprint density at radius 3 is 2.66 bits per heavy atom. The summed E-state index contributed by atoms with van der Waals surface area (Å²) in [7, 11) is 3.19. The average molecular weight is 433 g/mol. The lowest BCUT2D eigenvalue weighted by Crippen LogP contribution is -2.46. The van der Waals surface area contributed by atoms with Crippen LogP contribution in [0.3, 0.4) is 0 Å². The molecule has 7 nitrogen and oxygen atoms in total. The zero-order chi connectivity index (χ0) is 22.3. The van der Waals surface area contributed by atoms with E-state index in [4.69, 9.17) is 9.47 Å². The number of rotatable bonds is 7. The van der Waals surface area contributed by atoms with Crippen LogP contribution in [0.25, 0.3) is 0 Å². The van der Waals surface area contributed by atoms with Gasteiger partial charge in [0.05, 0.1) is 14.2 Å². The van der Waals surface area contributed by atoms with Crippen LogP contribution >= 0.6 is 0 Å². The van der Waals surface area contributed by atoms with Gasteiger partial charge in [0.25, 0.3) is 5.91 Å². The summed E-state index contributed by atoms with van der Waals surface area (Å²) in [6.07, 6.45) is 0. The molecule has 0 bridgehead atoms. The van der Waals surface area contributed by atoms with Crippen molar-refractivity contribution in [3.05, 3.63) is 83.6 Å². The second-order valence-corrected chi connectivity index (χ2v) is 7.62. The van der Waals surface area contributed by atoms with E-state index in [2.05, 4.69) is 44.8 Å². The molecule has 1 aliphatic heterocycles. The maximum absolute atomic E-state index is 12.8. The Hall–Kier alpha value is -3.58. The Labute approximate surface area is 188 Å². The van der Waals surface area contributed by atoms with Gasteiger partial charge < -0.3 is 25.0 Å². The van der Waals surface area contributed by atoms with Crippen LogP contribution in [-0.2, 0) is 6.54 Å². The summed E-state index contributed by atoms with van der Waals surface area (Å²) in [6.45, 7) is 2.87. The molecule has 4 rings (SSSR count). The molecular formula is C25H28N4O3. The third kappa shape index (κ3) is 5.00. The first-order chi connectivity index (χ1) is 15.7. The summed E-state index contributed by atoms with van der Waals surface area (Å²) in [4.78, 5) is 19.6. The number of carbonyl (C=O) groups is 1. The number of nitrogens with zero attached hydrogens (tertiary/aromatic N) is 2. The second kappa shape index (κ2) is 10.2. The first-order valence-electron chi connectivity index (χ1n) is 10.7. The van der Waals surface area contributed by atoms with E-state index in [1.165, 1.54) is 5.56 Å². The Balaban J connectivity index is 1.41. The van der Waals surface area contributed by atoms with Crippen molar-refractivity contribution in [2.45, 2.75) is 12.6 Å². The largest absolute Gasteiger partial charge is 0.493 e. The molecule has 2 aromatic carbocycles. The minimum atomic E-state index is -0.212. The first-order valence-corrected chi connectivity index (χ1v) is 10.7. The molecule has 0 aliphatic carbocycles. The number of anilines is 1. The van der Waals surface area contributed by atoms with E-state index in [1.54, 1.807) is 20.3 Å². The topological polar surface area (TPSA) is 75.7 Å². The predicted octanol–water partition coefficient (Wildman–Crippen LogP) is 3.18. The SMILES string of the molecule is COc1ccc(CNC(=O)c2cccc(N3CCNC(c4ccccc4)C3)n2)cc1OC. The molecule has 1 atom stereocenters. The summed E-state index contributed by atoms with van der Waals surface area (Å²) in [5.41, 5.74) is 2.57. The van der Waals surface area contributed by atoms with Crippen LogP contribution in [0.2, 0.25) is 0 Å². The number of benzene rings is 2. The zero-order valence-electron chi connectivity index (χ0n) is 18.4. The fourth-order valence-corrected chi connectivity index (χ4v) is 3.86. The molecule has 0 spiro atoms. The van der Waals surface area contributed by atoms with Crippen molar-refractivity contribution in [1.29, 1.82) is 0 Å². The zero-order valence-corrected chi connectivity index (χ0v) is 18.4. The van der Waals surface area contributed by atoms with Crippen LogP contribution in [0.15, 0.2) is 66.7 Å². The molecule has 7 heteroatoms. The Bertz CT molecular complexity index is 1060. The molecule has 0 saturated carbocycles. The highest BCUT2D eigenvalue weighted by atomic mass is 16.5. The van der Waals surface area contributed by atoms with Crippen molar-refractivity contribution < 1.29 is 14.3 Å². The van der Waals surface area contributed by atoms with Crippen molar-refractivity contribution in [1.82, 2.24) is 15.6 Å². The third-order valence-corrected chi connectivity index (χ3v) is 5.57. The van der Waals surface area contributed by atoms with Crippen LogP contribution in [-0.4, -0.2) is 44.7 Å². The van der Waals surface area contributed by atoms with Gasteiger partial charge in [-0.3, -0.25) is 4.79 Å². The lowest BCUT2D eigenvalue weighted by molar-refractivity contribution is 0.0946. The number of ether oxygens (including phenoxy) is 2. The molecule has 3 aromatic rings. The molecule has 1 unspecified atom stereocenters. The average Bonchev–Trinajstić information content (AvgIpc) is 2.87. The summed E-state index contributed by atoms with van der Waals surface area (Å²) in [6, 6.07) is 21.8. The van der Waals surface area contributed by atoms with E-state index >= 15 is 0 Å². The van der Waals surface area contributed by atoms with E-state index < -0.39 is 0 Å². The molecular weight excluding hydrogens is 404 g/mol. The molecule has 1 fully saturated rings. The van der Waals surface area contributed by atoms with Crippen LogP contribution in [0, 0.1) is 0 Å². The van der Waals surface area contributed by atoms with Gasteiger partial charge in [-0.15, -0.1) is 0 Å². The van der Waals surface area contributed by atoms with Gasteiger partial charge in [0.2, 0.25) is 0 Å². The molecule has 1 aromatic heterocycles. The van der Waals surface area contributed by atoms with Crippen molar-refractivity contribution >= 4 is 11.7 Å². The Kier molecular flexibility index (Phi) is 6.87. The van der Waals surface area contributed by atoms with Crippen molar-refractivity contribution in [3.63, 3.8) is 0 Å². The highest BCUT2D eigenvalue weighted by Gasteiger charge is 2.22. The van der Waals surface area contributed by atoms with Crippen molar-refractivity contribution in [3.8, 4) is 11.5 Å². The maximum atomic E-state index is 12.8. The molecule has 0 radical (unpaired) electrons. The maximum Gasteiger partial charge on any atom is 0.270 e. The van der Waals surface area contributed by atoms with Gasteiger partial charge >= 0.3 is 0 Å². The molecule has 1 aliphatic rings. The molecule has 1 saturated heterocycles. The standard InChI is InChI=1S/C25H28N4O3/c1-31-22-12-11-18(15-23(22)32-2)16-27-25(30)20-9-6-10-24(28-20)29-14-13-26-21(17-29)19-7-4-3-5-8-19/h3-12,15,21,26H,13-14,16-17H2,1-2H3,(H,27,30). The van der Waals surface area contributed by atoms with Gasteiger partial charge in [-0.1, -0.05) is 42.5 Å². The van der Waals surface area contributed by atoms with Crippen LogP contribution in [0.4, 0.5) is 5.82 Å². The summed E-state index contributed by atoms with van der Waals surface area (Å²) < 4.78 is 10.6. The predicted molar refractivity (Wildman–Crippen MR) is 124 cm³/mol. The fraction of sp³-hybridized carbons (Fsp3) is 0.280. The summed E-state index contributed by atoms with van der Waals surface area (Å²) >= 11 is 0. The smallest absolute Gasteiger partial charge is 0.270 e. The van der Waals surface area contributed by atoms with E-state index in [0.717, 1.165) is 31.0 Å². The second-order valence-electron chi connectivity index (χ2n) is 7.62. The lowest BCUT2D eigenvalue weighted by atomic mass is 10.0. The van der Waals surface area contributed by atoms with E-state index in [9.17, 15) is 4.79 Å². The monoisotopic (exact) mass is 432 g/mol. The number of piperazine rings is 1. The minimum absolute atomic E-state index is 0.212. The Morgan fingerprint density at radius 1 is 1.06 bits per heavy atom. The van der Waals surface area contributed by atoms with Crippen molar-refractivity contribution in [2.24, 2.45) is 0 Å². The van der Waals surface area contributed by atoms with E-state index in [1.807, 2.05) is 36.4 Å². The number of nitrogens with one attached hydrogen (secondary N) is 2. The quantitative estimate of drug-likeness (QED) is 0.597. The molecule has 2 heterocycles. The number of amides is 1. The van der Waals surface area contributed by atoms with Gasteiger partial charge in [-0.05, 0) is 35.4 Å². The highest BCUT2D eigenvalue weighted by molar-refractivity contribution is 5.92. The Morgan fingerprint density at radius 2 is 1.88 bits per heavy atom. The lowest BCUT2D eigenvalue weighted by Gasteiger charge is -2.35. The first kappa shape index (κ1) is 21.6. The highest BCUT2D eigenvalue weighted by Crippen LogP contribution is 2.27. The van der Waals surface area contributed by atoms with Gasteiger partial charge in [-0.2, -0.15) is 0 Å². The fourth-order valence-electron chi connectivity index (χ4n) is 3.86. The van der Waals surface area contributed by atoms with Gasteiger partial charge in [0.1, 0.15) is 11.5 Å². The molecule has 32 heavy (non-hydrogen) atoms. The number of aromatic nitrogens is 1. The normalized spacial score (nSPS) is 15.8. The third-order valence-electron chi connectivity index (χ3n) is 5.57. The van der Waals surface area contributed by atoms with Gasteiger partial charge in [0, 0.05) is 32.2 Å². The molecule has 1 amide bonds. The van der Waals surface area contributed by atoms with Crippen LogP contribution in [0.1, 0.15) is 27.7 Å². The molecule has 2 N–H and O–H groups in total. The molecule has 166 valence electrons. The van der Waals surface area contributed by atoms with Gasteiger partial charge in [0.15, 0.2) is 11.5 Å². The number of hydrogen-bond acceptors (Lipinski definition) is 6. The number of methoxy groups -OCH3 is 2. The van der Waals surface area contributed by atoms with Crippen LogP contribution < -0.4 is 25.0 Å². The van der Waals surface area contributed by atoms with Gasteiger partial charge in [-0.25, -0.2) is 4.98 Å². The summed E-state index contributed by atoms with van der Waals surface area (Å²) in [5.74, 6) is 1.88. The summed E-state index contributed by atoms with van der Waals surface area (Å²) in [5, 5.41) is 6.50. The van der Waals surface area contributed by atoms with E-state index in [-0.39, 0.29) is 11.9 Å². The van der Waals surface area contributed by atoms with Crippen molar-refractivity contribution in [2.75, 3.05) is 38.8 Å². The van der Waals surface area contributed by atoms with Crippen LogP contribution in [0.5, 0.6) is 11.5 Å². The minimum Gasteiger partial charge on any atom is -0.493 e. The number of carbonyl (C=O) groups excluding carboxylic acids is 1. The number of pyridine rings is 1. The van der Waals surface area contributed by atoms with E-state index in [0.29, 0.717) is 23.7 Å².